The summed E-state index contributed by atoms with van der Waals surface area (Å²) in [6.45, 7) is 4.50. The second-order valence-corrected chi connectivity index (χ2v) is 10.3. The third kappa shape index (κ3) is 3.68. The summed E-state index contributed by atoms with van der Waals surface area (Å²) in [7, 11) is 1.80. The first-order chi connectivity index (χ1) is 16.7. The van der Waals surface area contributed by atoms with Crippen LogP contribution in [0.25, 0.3) is 11.1 Å². The molecule has 9 nitrogen and oxygen atoms in total. The summed E-state index contributed by atoms with van der Waals surface area (Å²) < 4.78 is 20.6. The predicted octanol–water partition coefficient (Wildman–Crippen LogP) is 2.93. The molecule has 1 aromatic carbocycles. The van der Waals surface area contributed by atoms with Gasteiger partial charge in [-0.25, -0.2) is 14.4 Å². The van der Waals surface area contributed by atoms with Crippen molar-refractivity contribution in [2.24, 2.45) is 17.4 Å². The Morgan fingerprint density at radius 2 is 1.94 bits per heavy atom. The zero-order valence-electron chi connectivity index (χ0n) is 20.0. The van der Waals surface area contributed by atoms with Gasteiger partial charge < -0.3 is 26.4 Å². The summed E-state index contributed by atoms with van der Waals surface area (Å²) in [5, 5.41) is 3.12. The third-order valence-electron chi connectivity index (χ3n) is 7.32. The number of ether oxygens (including phenoxy) is 1. The summed E-state index contributed by atoms with van der Waals surface area (Å²) in [6, 6.07) is 3.83. The van der Waals surface area contributed by atoms with E-state index in [9.17, 15) is 4.39 Å². The van der Waals surface area contributed by atoms with Gasteiger partial charge in [-0.3, -0.25) is 0 Å². The Hall–Kier alpha value is -3.37. The van der Waals surface area contributed by atoms with Crippen molar-refractivity contribution in [2.45, 2.75) is 50.7 Å². The number of hydrogen-bond donors (Lipinski definition) is 3. The highest BCUT2D eigenvalue weighted by Crippen LogP contribution is 2.49. The van der Waals surface area contributed by atoms with E-state index in [1.807, 2.05) is 13.8 Å². The average molecular weight is 477 g/mol. The van der Waals surface area contributed by atoms with Gasteiger partial charge in [-0.2, -0.15) is 9.97 Å². The van der Waals surface area contributed by atoms with Gasteiger partial charge in [0.2, 0.25) is 0 Å². The molecule has 2 aliphatic carbocycles. The van der Waals surface area contributed by atoms with Crippen LogP contribution in [0.5, 0.6) is 11.8 Å². The molecule has 182 valence electrons. The highest BCUT2D eigenvalue weighted by molar-refractivity contribution is 5.88. The number of nitrogens with two attached hydrogens (primary N) is 2. The number of nitrogens with zero attached hydrogens (tertiary/aromatic N) is 5. The number of hydrogen-bond acceptors (Lipinski definition) is 9. The first kappa shape index (κ1) is 22.1. The van der Waals surface area contributed by atoms with Gasteiger partial charge >= 0.3 is 6.01 Å². The average Bonchev–Trinajstić information content (AvgIpc) is 3.49. The number of rotatable bonds is 5. The molecule has 2 fully saturated rings. The highest BCUT2D eigenvalue weighted by atomic mass is 19.1. The Labute approximate surface area is 203 Å². The smallest absolute Gasteiger partial charge is 0.324 e. The Kier molecular flexibility index (Phi) is 4.94. The maximum atomic E-state index is 14.5. The molecule has 0 spiro atoms. The minimum Gasteiger partial charge on any atom is -0.421 e. The molecule has 3 heterocycles. The maximum Gasteiger partial charge on any atom is 0.324 e. The molecule has 2 bridgehead atoms. The molecule has 0 radical (unpaired) electrons. The van der Waals surface area contributed by atoms with Gasteiger partial charge in [-0.05, 0) is 55.9 Å². The lowest BCUT2D eigenvalue weighted by Crippen LogP contribution is -2.41. The van der Waals surface area contributed by atoms with Gasteiger partial charge in [0.1, 0.15) is 17.5 Å². The fraction of sp³-hybridized carbons (Fsp3) is 0.440. The summed E-state index contributed by atoms with van der Waals surface area (Å²) in [5.74, 6) is 1.85. The van der Waals surface area contributed by atoms with Gasteiger partial charge in [-0.1, -0.05) is 0 Å². The molecule has 1 aliphatic heterocycles. The molecule has 3 atom stereocenters. The van der Waals surface area contributed by atoms with E-state index in [-0.39, 0.29) is 17.9 Å². The molecule has 5 N–H and O–H groups in total. The number of aromatic nitrogens is 4. The number of fused-ring (bicyclic) bond motifs is 5. The van der Waals surface area contributed by atoms with Crippen LogP contribution in [-0.4, -0.2) is 45.6 Å². The van der Waals surface area contributed by atoms with E-state index in [1.54, 1.807) is 25.5 Å². The second-order valence-electron chi connectivity index (χ2n) is 10.3. The van der Waals surface area contributed by atoms with Crippen molar-refractivity contribution in [3.8, 4) is 22.9 Å². The summed E-state index contributed by atoms with van der Waals surface area (Å²) in [5.41, 5.74) is 16.0. The number of nitrogens with one attached hydrogen (secondary N) is 1. The molecule has 35 heavy (non-hydrogen) atoms. The van der Waals surface area contributed by atoms with Gasteiger partial charge in [0.25, 0.3) is 0 Å². The van der Waals surface area contributed by atoms with Crippen LogP contribution in [0.4, 0.5) is 15.9 Å². The molecule has 3 aliphatic rings. The van der Waals surface area contributed by atoms with Crippen LogP contribution in [0.15, 0.2) is 24.5 Å². The zero-order valence-corrected chi connectivity index (χ0v) is 20.0. The quantitative estimate of drug-likeness (QED) is 0.398. The highest BCUT2D eigenvalue weighted by Gasteiger charge is 2.45. The molecular formula is C25H29FN8O. The van der Waals surface area contributed by atoms with Crippen molar-refractivity contribution in [3.63, 3.8) is 0 Å². The van der Waals surface area contributed by atoms with Crippen LogP contribution in [-0.2, 0) is 12.0 Å². The molecule has 1 unspecified atom stereocenters. The van der Waals surface area contributed by atoms with E-state index in [2.05, 4.69) is 20.2 Å². The fourth-order valence-electron chi connectivity index (χ4n) is 5.63. The maximum absolute atomic E-state index is 14.5. The Bertz CT molecular complexity index is 1300. The third-order valence-corrected chi connectivity index (χ3v) is 7.32. The molecule has 1 saturated heterocycles. The van der Waals surface area contributed by atoms with Crippen molar-refractivity contribution in [1.29, 1.82) is 0 Å². The normalized spacial score (nSPS) is 22.3. The first-order valence-corrected chi connectivity index (χ1v) is 11.9. The molecule has 0 amide bonds. The first-order valence-electron chi connectivity index (χ1n) is 11.9. The van der Waals surface area contributed by atoms with Gasteiger partial charge in [0.15, 0.2) is 5.75 Å². The molecule has 3 aromatic rings. The lowest BCUT2D eigenvalue weighted by Gasteiger charge is -2.32. The standard InChI is InChI=1S/C25H29FN8O/c1-25(2,28)23-30-9-15(10-31-23)35-24-32-20-8-16-17(5-13(26)6-19(16)29-3)21(20)22(33-24)34-11-12-4-14(34)7-18(12)27/h5-6,9-10,12,14,18,29H,4,7-8,11,27-28H2,1-3H3/t12-,14?,18-/m1/s1. The lowest BCUT2D eigenvalue weighted by atomic mass is 10.0. The Morgan fingerprint density at radius 3 is 2.57 bits per heavy atom. The predicted molar refractivity (Wildman–Crippen MR) is 131 cm³/mol. The zero-order chi connectivity index (χ0) is 24.5. The largest absolute Gasteiger partial charge is 0.421 e. The van der Waals surface area contributed by atoms with Crippen LogP contribution >= 0.6 is 0 Å². The van der Waals surface area contributed by atoms with Crippen molar-refractivity contribution in [3.05, 3.63) is 47.4 Å². The molecule has 6 rings (SSSR count). The number of anilines is 2. The lowest BCUT2D eigenvalue weighted by molar-refractivity contribution is 0.428. The summed E-state index contributed by atoms with van der Waals surface area (Å²) in [4.78, 5) is 20.5. The van der Waals surface area contributed by atoms with Crippen LogP contribution in [0, 0.1) is 11.7 Å². The molecule has 2 aromatic heterocycles. The monoisotopic (exact) mass is 476 g/mol. The Balaban J connectivity index is 1.43. The van der Waals surface area contributed by atoms with Gasteiger partial charge in [-0.15, -0.1) is 0 Å². The van der Waals surface area contributed by atoms with Crippen molar-refractivity contribution in [2.75, 3.05) is 23.8 Å². The van der Waals surface area contributed by atoms with Crippen molar-refractivity contribution < 1.29 is 9.13 Å². The van der Waals surface area contributed by atoms with Crippen LogP contribution < -0.4 is 26.4 Å². The van der Waals surface area contributed by atoms with E-state index >= 15 is 0 Å². The number of benzene rings is 1. The van der Waals surface area contributed by atoms with E-state index in [0.717, 1.165) is 53.3 Å². The number of piperidine rings is 1. The Morgan fingerprint density at radius 1 is 1.17 bits per heavy atom. The van der Waals surface area contributed by atoms with E-state index in [4.69, 9.17) is 26.2 Å². The van der Waals surface area contributed by atoms with E-state index in [0.29, 0.717) is 30.0 Å². The van der Waals surface area contributed by atoms with Crippen LogP contribution in [0.1, 0.15) is 43.8 Å². The van der Waals surface area contributed by atoms with Crippen LogP contribution in [0.2, 0.25) is 0 Å². The number of halogens is 1. The van der Waals surface area contributed by atoms with Crippen molar-refractivity contribution >= 4 is 11.5 Å². The van der Waals surface area contributed by atoms with Crippen molar-refractivity contribution in [1.82, 2.24) is 19.9 Å². The summed E-state index contributed by atoms with van der Waals surface area (Å²) in [6.07, 6.45) is 5.67. The second kappa shape index (κ2) is 7.82. The molecular weight excluding hydrogens is 447 g/mol. The molecule has 10 heteroatoms. The van der Waals surface area contributed by atoms with Gasteiger partial charge in [0.05, 0.1) is 23.6 Å². The topological polar surface area (TPSA) is 128 Å². The van der Waals surface area contributed by atoms with E-state index in [1.165, 1.54) is 6.07 Å². The SMILES string of the molecule is CNc1cc(F)cc2c1Cc1nc(Oc3cnc(C(C)(C)N)nc3)nc(N3C[C@H]4CC3C[C@H]4N)c1-2. The van der Waals surface area contributed by atoms with Gasteiger partial charge in [0, 0.05) is 43.3 Å². The van der Waals surface area contributed by atoms with E-state index < -0.39 is 5.54 Å². The molecule has 1 saturated carbocycles. The minimum absolute atomic E-state index is 0.213. The fourth-order valence-corrected chi connectivity index (χ4v) is 5.63. The van der Waals surface area contributed by atoms with Crippen LogP contribution in [0.3, 0.4) is 0 Å². The minimum atomic E-state index is -0.655. The summed E-state index contributed by atoms with van der Waals surface area (Å²) >= 11 is 0.